The van der Waals surface area contributed by atoms with E-state index in [4.69, 9.17) is 16.3 Å². The summed E-state index contributed by atoms with van der Waals surface area (Å²) in [6, 6.07) is 16.4. The third kappa shape index (κ3) is 4.89. The van der Waals surface area contributed by atoms with Crippen LogP contribution in [-0.2, 0) is 0 Å². The van der Waals surface area contributed by atoms with Crippen molar-refractivity contribution in [2.45, 2.75) is 26.8 Å². The molecular formula is C21H22ClN3O2. The lowest BCUT2D eigenvalue weighted by Crippen LogP contribution is -2.36. The Bertz CT molecular complexity index is 918. The number of hydrogen-bond donors (Lipinski definition) is 1. The van der Waals surface area contributed by atoms with Gasteiger partial charge in [-0.2, -0.15) is 5.10 Å². The molecular weight excluding hydrogens is 362 g/mol. The van der Waals surface area contributed by atoms with Gasteiger partial charge in [0, 0.05) is 16.3 Å². The monoisotopic (exact) mass is 383 g/mol. The molecule has 1 amide bonds. The Morgan fingerprint density at radius 1 is 1.15 bits per heavy atom. The molecule has 1 atom stereocenters. The Morgan fingerprint density at radius 3 is 2.41 bits per heavy atom. The van der Waals surface area contributed by atoms with Gasteiger partial charge in [0.25, 0.3) is 5.91 Å². The fraction of sp³-hybridized carbons (Fsp3) is 0.238. The smallest absolute Gasteiger partial charge is 0.251 e. The highest BCUT2D eigenvalue weighted by Crippen LogP contribution is 2.16. The fourth-order valence-corrected chi connectivity index (χ4v) is 2.87. The minimum atomic E-state index is -0.137. The second kappa shape index (κ2) is 8.27. The van der Waals surface area contributed by atoms with Gasteiger partial charge in [0.1, 0.15) is 12.4 Å². The highest BCUT2D eigenvalue weighted by molar-refractivity contribution is 6.30. The van der Waals surface area contributed by atoms with E-state index in [-0.39, 0.29) is 11.9 Å². The first-order valence-corrected chi connectivity index (χ1v) is 9.13. The summed E-state index contributed by atoms with van der Waals surface area (Å²) >= 11 is 5.85. The number of carbonyl (C=O) groups excluding carboxylic acids is 1. The Hall–Kier alpha value is -2.79. The Kier molecular flexibility index (Phi) is 5.81. The minimum absolute atomic E-state index is 0.135. The van der Waals surface area contributed by atoms with Crippen molar-refractivity contribution in [2.24, 2.45) is 0 Å². The molecule has 1 N–H and O–H groups in total. The zero-order valence-electron chi connectivity index (χ0n) is 15.6. The summed E-state index contributed by atoms with van der Waals surface area (Å²) < 4.78 is 7.53. The van der Waals surface area contributed by atoms with Crippen LogP contribution in [0.3, 0.4) is 0 Å². The highest BCUT2D eigenvalue weighted by Gasteiger charge is 2.11. The number of amides is 1. The molecule has 0 unspecified atom stereocenters. The molecule has 0 spiro atoms. The normalized spacial score (nSPS) is 11.9. The predicted octanol–water partition coefficient (Wildman–Crippen LogP) is 4.34. The average molecular weight is 384 g/mol. The maximum atomic E-state index is 12.4. The van der Waals surface area contributed by atoms with Crippen LogP contribution in [0.15, 0.2) is 54.6 Å². The molecule has 1 heterocycles. The minimum Gasteiger partial charge on any atom is -0.491 e. The van der Waals surface area contributed by atoms with Crippen LogP contribution in [0.4, 0.5) is 0 Å². The van der Waals surface area contributed by atoms with Gasteiger partial charge in [-0.3, -0.25) is 4.79 Å². The van der Waals surface area contributed by atoms with E-state index >= 15 is 0 Å². The number of ether oxygens (including phenoxy) is 1. The summed E-state index contributed by atoms with van der Waals surface area (Å²) in [5.41, 5.74) is 3.54. The molecule has 5 nitrogen and oxygen atoms in total. The SMILES string of the molecule is Cc1cc(C)n(-c2ccc(C(=O)N[C@@H](C)COc3ccc(Cl)cc3)cc2)n1. The average Bonchev–Trinajstić information content (AvgIpc) is 2.99. The summed E-state index contributed by atoms with van der Waals surface area (Å²) in [5.74, 6) is 0.580. The standard InChI is InChI=1S/C21H22ClN3O2/c1-14-12-16(3)25(24-14)19-8-4-17(5-9-19)21(26)23-15(2)13-27-20-10-6-18(22)7-11-20/h4-12,15H,13H2,1-3H3,(H,23,26)/t15-/m0/s1. The molecule has 3 aromatic rings. The number of benzene rings is 2. The summed E-state index contributed by atoms with van der Waals surface area (Å²) in [6.45, 7) is 6.23. The summed E-state index contributed by atoms with van der Waals surface area (Å²) in [7, 11) is 0. The van der Waals surface area contributed by atoms with Crippen LogP contribution in [0.25, 0.3) is 5.69 Å². The van der Waals surface area contributed by atoms with Gasteiger partial charge in [-0.15, -0.1) is 0 Å². The van der Waals surface area contributed by atoms with Crippen molar-refractivity contribution < 1.29 is 9.53 Å². The topological polar surface area (TPSA) is 56.2 Å². The molecule has 2 aromatic carbocycles. The number of nitrogens with zero attached hydrogens (tertiary/aromatic N) is 2. The van der Waals surface area contributed by atoms with Crippen LogP contribution in [0, 0.1) is 13.8 Å². The van der Waals surface area contributed by atoms with Crippen LogP contribution in [-0.4, -0.2) is 28.3 Å². The van der Waals surface area contributed by atoms with Crippen molar-refractivity contribution in [2.75, 3.05) is 6.61 Å². The molecule has 6 heteroatoms. The van der Waals surface area contributed by atoms with E-state index in [1.807, 2.05) is 43.7 Å². The van der Waals surface area contributed by atoms with E-state index in [0.29, 0.717) is 17.2 Å². The van der Waals surface area contributed by atoms with Crippen molar-refractivity contribution in [3.63, 3.8) is 0 Å². The van der Waals surface area contributed by atoms with Gasteiger partial charge in [-0.1, -0.05) is 11.6 Å². The molecule has 140 valence electrons. The molecule has 0 fully saturated rings. The zero-order chi connectivity index (χ0) is 19.4. The summed E-state index contributed by atoms with van der Waals surface area (Å²) in [5, 5.41) is 8.05. The van der Waals surface area contributed by atoms with E-state index in [0.717, 1.165) is 22.8 Å². The van der Waals surface area contributed by atoms with Crippen LogP contribution >= 0.6 is 11.6 Å². The lowest BCUT2D eigenvalue weighted by Gasteiger charge is -2.15. The number of rotatable bonds is 6. The van der Waals surface area contributed by atoms with E-state index in [9.17, 15) is 4.79 Å². The molecule has 0 radical (unpaired) electrons. The van der Waals surface area contributed by atoms with Gasteiger partial charge in [0.15, 0.2) is 0 Å². The lowest BCUT2D eigenvalue weighted by molar-refractivity contribution is 0.0926. The first-order chi connectivity index (χ1) is 12.9. The van der Waals surface area contributed by atoms with E-state index < -0.39 is 0 Å². The molecule has 0 aliphatic rings. The molecule has 1 aromatic heterocycles. The molecule has 0 saturated carbocycles. The van der Waals surface area contributed by atoms with E-state index in [1.165, 1.54) is 0 Å². The zero-order valence-corrected chi connectivity index (χ0v) is 16.3. The van der Waals surface area contributed by atoms with E-state index in [1.54, 1.807) is 36.4 Å². The Morgan fingerprint density at radius 2 is 1.81 bits per heavy atom. The van der Waals surface area contributed by atoms with Gasteiger partial charge >= 0.3 is 0 Å². The number of nitrogens with one attached hydrogen (secondary N) is 1. The van der Waals surface area contributed by atoms with Crippen molar-refractivity contribution >= 4 is 17.5 Å². The van der Waals surface area contributed by atoms with Gasteiger partial charge in [0.05, 0.1) is 17.4 Å². The summed E-state index contributed by atoms with van der Waals surface area (Å²) in [6.07, 6.45) is 0. The quantitative estimate of drug-likeness (QED) is 0.688. The molecule has 0 aliphatic carbocycles. The highest BCUT2D eigenvalue weighted by atomic mass is 35.5. The van der Waals surface area contributed by atoms with Crippen molar-refractivity contribution in [3.05, 3.63) is 76.6 Å². The fourth-order valence-electron chi connectivity index (χ4n) is 2.75. The Balaban J connectivity index is 1.57. The van der Waals surface area contributed by atoms with Gasteiger partial charge in [0.2, 0.25) is 0 Å². The number of carbonyl (C=O) groups is 1. The number of aromatic nitrogens is 2. The third-order valence-corrected chi connectivity index (χ3v) is 4.33. The van der Waals surface area contributed by atoms with Crippen molar-refractivity contribution in [1.29, 1.82) is 0 Å². The predicted molar refractivity (Wildman–Crippen MR) is 107 cm³/mol. The lowest BCUT2D eigenvalue weighted by atomic mass is 10.2. The van der Waals surface area contributed by atoms with Crippen LogP contribution < -0.4 is 10.1 Å². The largest absolute Gasteiger partial charge is 0.491 e. The molecule has 0 aliphatic heterocycles. The third-order valence-electron chi connectivity index (χ3n) is 4.07. The second-order valence-corrected chi connectivity index (χ2v) is 6.96. The van der Waals surface area contributed by atoms with Gasteiger partial charge in [-0.05, 0) is 75.4 Å². The van der Waals surface area contributed by atoms with E-state index in [2.05, 4.69) is 10.4 Å². The maximum Gasteiger partial charge on any atom is 0.251 e. The number of halogens is 1. The van der Waals surface area contributed by atoms with Crippen LogP contribution in [0.1, 0.15) is 28.7 Å². The Labute approximate surface area is 163 Å². The van der Waals surface area contributed by atoms with Crippen molar-refractivity contribution in [1.82, 2.24) is 15.1 Å². The maximum absolute atomic E-state index is 12.4. The molecule has 0 saturated heterocycles. The molecule has 0 bridgehead atoms. The van der Waals surface area contributed by atoms with Gasteiger partial charge < -0.3 is 10.1 Å². The number of hydrogen-bond acceptors (Lipinski definition) is 3. The van der Waals surface area contributed by atoms with Crippen LogP contribution in [0.5, 0.6) is 5.75 Å². The molecule has 3 rings (SSSR count). The first kappa shape index (κ1) is 19.0. The van der Waals surface area contributed by atoms with Crippen molar-refractivity contribution in [3.8, 4) is 11.4 Å². The first-order valence-electron chi connectivity index (χ1n) is 8.75. The van der Waals surface area contributed by atoms with Crippen LogP contribution in [0.2, 0.25) is 5.02 Å². The number of aryl methyl sites for hydroxylation is 2. The van der Waals surface area contributed by atoms with Gasteiger partial charge in [-0.25, -0.2) is 4.68 Å². The second-order valence-electron chi connectivity index (χ2n) is 6.53. The summed E-state index contributed by atoms with van der Waals surface area (Å²) in [4.78, 5) is 12.4. The molecule has 27 heavy (non-hydrogen) atoms.